The van der Waals surface area contributed by atoms with Crippen LogP contribution in [0.15, 0.2) is 72.8 Å². The normalized spacial score (nSPS) is 17.8. The molecule has 31 heavy (non-hydrogen) atoms. The minimum absolute atomic E-state index is 0.187. The minimum Gasteiger partial charge on any atom is -0.457 e. The van der Waals surface area contributed by atoms with Crippen LogP contribution < -0.4 is 15.4 Å². The van der Waals surface area contributed by atoms with E-state index in [9.17, 15) is 18.4 Å². The number of halogens is 2. The Morgan fingerprint density at radius 1 is 0.903 bits per heavy atom. The van der Waals surface area contributed by atoms with Crippen molar-refractivity contribution in [3.63, 3.8) is 0 Å². The molecule has 158 valence electrons. The average molecular weight is 422 g/mol. The summed E-state index contributed by atoms with van der Waals surface area (Å²) in [6, 6.07) is 17.8. The van der Waals surface area contributed by atoms with Crippen LogP contribution >= 0.6 is 0 Å². The van der Waals surface area contributed by atoms with Crippen molar-refractivity contribution in [3.05, 3.63) is 90.0 Å². The summed E-state index contributed by atoms with van der Waals surface area (Å²) >= 11 is 0. The van der Waals surface area contributed by atoms with Crippen molar-refractivity contribution in [2.24, 2.45) is 5.92 Å². The van der Waals surface area contributed by atoms with E-state index < -0.39 is 6.04 Å². The van der Waals surface area contributed by atoms with Crippen LogP contribution in [0.25, 0.3) is 0 Å². The van der Waals surface area contributed by atoms with Crippen molar-refractivity contribution in [1.82, 2.24) is 5.32 Å². The topological polar surface area (TPSA) is 67.4 Å². The molecule has 2 N–H and O–H groups in total. The molecule has 1 aliphatic heterocycles. The maximum absolute atomic E-state index is 13.0. The summed E-state index contributed by atoms with van der Waals surface area (Å²) < 4.78 is 31.6. The number of hydrogen-bond donors (Lipinski definition) is 2. The van der Waals surface area contributed by atoms with E-state index in [1.54, 1.807) is 36.4 Å². The molecule has 1 saturated heterocycles. The molecular weight excluding hydrogens is 402 g/mol. The van der Waals surface area contributed by atoms with Crippen LogP contribution in [0.4, 0.5) is 14.5 Å². The van der Waals surface area contributed by atoms with Crippen LogP contribution in [0.3, 0.4) is 0 Å². The molecule has 0 spiro atoms. The fourth-order valence-electron chi connectivity index (χ4n) is 3.47. The minimum atomic E-state index is -0.631. The summed E-state index contributed by atoms with van der Waals surface area (Å²) in [5.74, 6) is -0.463. The zero-order chi connectivity index (χ0) is 21.8. The summed E-state index contributed by atoms with van der Waals surface area (Å²) in [7, 11) is 0. The van der Waals surface area contributed by atoms with Gasteiger partial charge in [-0.15, -0.1) is 0 Å². The second kappa shape index (κ2) is 8.95. The zero-order valence-corrected chi connectivity index (χ0v) is 16.5. The second-order valence-corrected chi connectivity index (χ2v) is 7.39. The molecule has 2 amide bonds. The van der Waals surface area contributed by atoms with Crippen molar-refractivity contribution in [2.45, 2.75) is 18.9 Å². The Bertz CT molecular complexity index is 1070. The number of ether oxygens (including phenoxy) is 1. The molecule has 2 atom stereocenters. The quantitative estimate of drug-likeness (QED) is 0.617. The molecule has 0 bridgehead atoms. The fraction of sp³-hybridized carbons (Fsp3) is 0.167. The summed E-state index contributed by atoms with van der Waals surface area (Å²) in [5, 5.41) is 5.51. The molecule has 1 aliphatic rings. The van der Waals surface area contributed by atoms with Crippen molar-refractivity contribution >= 4 is 17.5 Å². The van der Waals surface area contributed by atoms with Gasteiger partial charge in [-0.2, -0.15) is 0 Å². The summed E-state index contributed by atoms with van der Waals surface area (Å²) in [5.41, 5.74) is 1.41. The van der Waals surface area contributed by atoms with Gasteiger partial charge in [0.15, 0.2) is 0 Å². The molecule has 0 radical (unpaired) electrons. The maximum Gasteiger partial charge on any atom is 0.246 e. The molecule has 1 fully saturated rings. The first-order valence-electron chi connectivity index (χ1n) is 9.85. The monoisotopic (exact) mass is 422 g/mol. The van der Waals surface area contributed by atoms with Crippen LogP contribution in [-0.2, 0) is 16.0 Å². The molecule has 0 unspecified atom stereocenters. The molecule has 1 heterocycles. The Kier molecular flexibility index (Phi) is 5.93. The number of benzene rings is 3. The van der Waals surface area contributed by atoms with E-state index in [1.165, 1.54) is 36.4 Å². The third-order valence-electron chi connectivity index (χ3n) is 5.09. The number of amides is 2. The first-order chi connectivity index (χ1) is 15.0. The first kappa shape index (κ1) is 20.5. The number of carbonyl (C=O) groups excluding carboxylic acids is 2. The van der Waals surface area contributed by atoms with Gasteiger partial charge in [-0.25, -0.2) is 8.78 Å². The van der Waals surface area contributed by atoms with Gasteiger partial charge in [0.25, 0.3) is 0 Å². The third-order valence-corrected chi connectivity index (χ3v) is 5.09. The van der Waals surface area contributed by atoms with E-state index in [1.807, 2.05) is 0 Å². The van der Waals surface area contributed by atoms with Gasteiger partial charge in [0, 0.05) is 11.6 Å². The maximum atomic E-state index is 13.0. The Labute approximate surface area is 178 Å². The van der Waals surface area contributed by atoms with E-state index in [-0.39, 0.29) is 29.4 Å². The Balaban J connectivity index is 1.32. The molecule has 0 aliphatic carbocycles. The number of carbonyl (C=O) groups is 2. The van der Waals surface area contributed by atoms with E-state index in [4.69, 9.17) is 4.74 Å². The molecule has 4 rings (SSSR count). The van der Waals surface area contributed by atoms with Gasteiger partial charge in [-0.1, -0.05) is 12.1 Å². The third kappa shape index (κ3) is 5.25. The molecule has 0 saturated carbocycles. The van der Waals surface area contributed by atoms with E-state index in [2.05, 4.69) is 10.6 Å². The predicted octanol–water partition coefficient (Wildman–Crippen LogP) is 4.44. The van der Waals surface area contributed by atoms with Gasteiger partial charge in [0.1, 0.15) is 29.2 Å². The van der Waals surface area contributed by atoms with Gasteiger partial charge < -0.3 is 15.4 Å². The van der Waals surface area contributed by atoms with Crippen molar-refractivity contribution in [1.29, 1.82) is 0 Å². The highest BCUT2D eigenvalue weighted by molar-refractivity contribution is 5.99. The number of nitrogens with one attached hydrogen (secondary N) is 2. The molecule has 7 heteroatoms. The predicted molar refractivity (Wildman–Crippen MR) is 112 cm³/mol. The van der Waals surface area contributed by atoms with Gasteiger partial charge >= 0.3 is 0 Å². The van der Waals surface area contributed by atoms with Crippen LogP contribution in [-0.4, -0.2) is 17.9 Å². The standard InChI is InChI=1S/C24H20F2N2O3/c25-17-3-1-15(2-4-17)13-16-14-22(28-23(16)29)24(30)27-19-7-11-21(12-8-19)31-20-9-5-18(26)6-10-20/h1-12,16,22H,13-14H2,(H,27,30)(H,28,29)/t16-,22+/m1/s1. The molecule has 0 aromatic heterocycles. The number of rotatable bonds is 6. The summed E-state index contributed by atoms with van der Waals surface area (Å²) in [6.45, 7) is 0. The molecule has 5 nitrogen and oxygen atoms in total. The lowest BCUT2D eigenvalue weighted by atomic mass is 9.96. The summed E-state index contributed by atoms with van der Waals surface area (Å²) in [4.78, 5) is 24.8. The van der Waals surface area contributed by atoms with E-state index in [0.717, 1.165) is 5.56 Å². The first-order valence-corrected chi connectivity index (χ1v) is 9.85. The molecular formula is C24H20F2N2O3. The molecule has 3 aromatic carbocycles. The zero-order valence-electron chi connectivity index (χ0n) is 16.5. The van der Waals surface area contributed by atoms with Gasteiger partial charge in [-0.3, -0.25) is 9.59 Å². The van der Waals surface area contributed by atoms with Gasteiger partial charge in [0.05, 0.1) is 0 Å². The largest absolute Gasteiger partial charge is 0.457 e. The van der Waals surface area contributed by atoms with E-state index in [0.29, 0.717) is 30.0 Å². The Hall–Kier alpha value is -3.74. The van der Waals surface area contributed by atoms with Crippen molar-refractivity contribution in [2.75, 3.05) is 5.32 Å². The van der Waals surface area contributed by atoms with Crippen molar-refractivity contribution in [3.8, 4) is 11.5 Å². The average Bonchev–Trinajstić information content (AvgIpc) is 3.13. The fourth-order valence-corrected chi connectivity index (χ4v) is 3.47. The van der Waals surface area contributed by atoms with Gasteiger partial charge in [-0.05, 0) is 79.1 Å². The molecule has 3 aromatic rings. The highest BCUT2D eigenvalue weighted by Crippen LogP contribution is 2.25. The highest BCUT2D eigenvalue weighted by Gasteiger charge is 2.35. The highest BCUT2D eigenvalue weighted by atomic mass is 19.1. The number of hydrogen-bond acceptors (Lipinski definition) is 3. The number of anilines is 1. The summed E-state index contributed by atoms with van der Waals surface area (Å²) in [6.07, 6.45) is 0.819. The van der Waals surface area contributed by atoms with Crippen molar-refractivity contribution < 1.29 is 23.1 Å². The lowest BCUT2D eigenvalue weighted by molar-refractivity contribution is -0.124. The Morgan fingerprint density at radius 2 is 1.45 bits per heavy atom. The van der Waals surface area contributed by atoms with Crippen LogP contribution in [0.2, 0.25) is 0 Å². The lowest BCUT2D eigenvalue weighted by Crippen LogP contribution is -2.37. The van der Waals surface area contributed by atoms with E-state index >= 15 is 0 Å². The Morgan fingerprint density at radius 3 is 2.06 bits per heavy atom. The van der Waals surface area contributed by atoms with Crippen LogP contribution in [0, 0.1) is 17.6 Å². The van der Waals surface area contributed by atoms with Gasteiger partial charge in [0.2, 0.25) is 11.8 Å². The lowest BCUT2D eigenvalue weighted by Gasteiger charge is -2.12. The van der Waals surface area contributed by atoms with Crippen LogP contribution in [0.5, 0.6) is 11.5 Å². The van der Waals surface area contributed by atoms with Crippen LogP contribution in [0.1, 0.15) is 12.0 Å². The smallest absolute Gasteiger partial charge is 0.246 e. The second-order valence-electron chi connectivity index (χ2n) is 7.39. The SMILES string of the molecule is O=C1N[C@H](C(=O)Nc2ccc(Oc3ccc(F)cc3)cc2)C[C@H]1Cc1ccc(F)cc1.